The third kappa shape index (κ3) is 4.90. The number of benzene rings is 2. The largest absolute Gasteiger partial charge is 0.494 e. The Morgan fingerprint density at radius 3 is 2.45 bits per heavy atom. The number of sulfonamides is 1. The second-order valence-electron chi connectivity index (χ2n) is 8.13. The third-order valence-corrected chi connectivity index (χ3v) is 8.90. The average Bonchev–Trinajstić information content (AvgIpc) is 3.15. The molecule has 0 spiro atoms. The number of amides is 1. The fourth-order valence-corrected chi connectivity index (χ4v) is 6.69. The first-order valence-corrected chi connectivity index (χ1v) is 13.5. The number of carbonyl (C=O) groups excluding carboxylic acids is 1. The van der Waals surface area contributed by atoms with Crippen LogP contribution in [0.1, 0.15) is 32.3 Å². The van der Waals surface area contributed by atoms with E-state index in [0.717, 1.165) is 21.5 Å². The molecule has 0 N–H and O–H groups in total. The van der Waals surface area contributed by atoms with Crippen LogP contribution in [0.2, 0.25) is 0 Å². The van der Waals surface area contributed by atoms with Crippen molar-refractivity contribution in [1.82, 2.24) is 8.87 Å². The van der Waals surface area contributed by atoms with E-state index in [0.29, 0.717) is 48.8 Å². The van der Waals surface area contributed by atoms with Crippen LogP contribution < -0.4 is 9.54 Å². The predicted molar refractivity (Wildman–Crippen MR) is 130 cm³/mol. The van der Waals surface area contributed by atoms with Gasteiger partial charge in [-0.1, -0.05) is 29.0 Å². The van der Waals surface area contributed by atoms with Crippen LogP contribution in [0.4, 0.5) is 0 Å². The molecule has 0 aliphatic carbocycles. The van der Waals surface area contributed by atoms with Crippen LogP contribution in [-0.2, 0) is 21.4 Å². The Labute approximate surface area is 198 Å². The first kappa shape index (κ1) is 23.7. The van der Waals surface area contributed by atoms with Gasteiger partial charge in [0.25, 0.3) is 5.91 Å². The minimum Gasteiger partial charge on any atom is -0.494 e. The molecule has 1 saturated heterocycles. The fourth-order valence-electron chi connectivity index (χ4n) is 4.09. The number of fused-ring (bicyclic) bond motifs is 1. The Balaban J connectivity index is 1.51. The number of ether oxygens (including phenoxy) is 1. The lowest BCUT2D eigenvalue weighted by Crippen LogP contribution is -2.40. The van der Waals surface area contributed by atoms with Gasteiger partial charge in [0.15, 0.2) is 4.80 Å². The molecule has 1 amide bonds. The number of piperidine rings is 1. The molecule has 1 aliphatic heterocycles. The van der Waals surface area contributed by atoms with Gasteiger partial charge in [0.05, 0.1) is 21.7 Å². The highest BCUT2D eigenvalue weighted by atomic mass is 32.2. The van der Waals surface area contributed by atoms with Crippen LogP contribution >= 0.6 is 11.3 Å². The molecular formula is C24H29N3O4S2. The minimum absolute atomic E-state index is 0.179. The van der Waals surface area contributed by atoms with E-state index in [1.54, 1.807) is 24.3 Å². The SMILES string of the molecule is CCOc1ccc2c(c1)sc(=NC(=O)C1CCN(S(=O)(=O)c3ccc(C)cc3)CC1)n2CC. The first-order chi connectivity index (χ1) is 15.8. The van der Waals surface area contributed by atoms with Crippen molar-refractivity contribution in [1.29, 1.82) is 0 Å². The standard InChI is InChI=1S/C24H29N3O4S2/c1-4-27-21-11-8-19(31-5-2)16-22(21)32-24(27)25-23(28)18-12-14-26(15-13-18)33(29,30)20-9-6-17(3)7-10-20/h6-11,16,18H,4-5,12-15H2,1-3H3. The zero-order chi connectivity index (χ0) is 23.6. The number of thiazole rings is 1. The van der Waals surface area contributed by atoms with E-state index in [9.17, 15) is 13.2 Å². The fraction of sp³-hybridized carbons (Fsp3) is 0.417. The normalized spacial score (nSPS) is 16.4. The Hall–Kier alpha value is -2.49. The summed E-state index contributed by atoms with van der Waals surface area (Å²) in [7, 11) is -3.55. The molecule has 2 heterocycles. The molecule has 33 heavy (non-hydrogen) atoms. The smallest absolute Gasteiger partial charge is 0.251 e. The summed E-state index contributed by atoms with van der Waals surface area (Å²) in [4.78, 5) is 18.4. The molecule has 1 aliphatic rings. The quantitative estimate of drug-likeness (QED) is 0.527. The molecule has 0 saturated carbocycles. The van der Waals surface area contributed by atoms with Crippen molar-refractivity contribution < 1.29 is 17.9 Å². The van der Waals surface area contributed by atoms with E-state index in [1.165, 1.54) is 15.6 Å². The Kier molecular flexibility index (Phi) is 7.02. The lowest BCUT2D eigenvalue weighted by atomic mass is 9.98. The van der Waals surface area contributed by atoms with Gasteiger partial charge < -0.3 is 9.30 Å². The molecule has 0 unspecified atom stereocenters. The van der Waals surface area contributed by atoms with Crippen molar-refractivity contribution in [2.75, 3.05) is 19.7 Å². The molecule has 0 atom stereocenters. The van der Waals surface area contributed by atoms with Crippen molar-refractivity contribution in [2.24, 2.45) is 10.9 Å². The maximum absolute atomic E-state index is 13.0. The summed E-state index contributed by atoms with van der Waals surface area (Å²) < 4.78 is 36.0. The number of hydrogen-bond donors (Lipinski definition) is 0. The Morgan fingerprint density at radius 1 is 1.12 bits per heavy atom. The van der Waals surface area contributed by atoms with Crippen molar-refractivity contribution in [3.05, 3.63) is 52.8 Å². The van der Waals surface area contributed by atoms with Crippen molar-refractivity contribution in [2.45, 2.75) is 45.1 Å². The van der Waals surface area contributed by atoms with Gasteiger partial charge in [-0.15, -0.1) is 0 Å². The van der Waals surface area contributed by atoms with Crippen LogP contribution in [0.15, 0.2) is 52.4 Å². The number of hydrogen-bond acceptors (Lipinski definition) is 5. The van der Waals surface area contributed by atoms with E-state index in [-0.39, 0.29) is 11.8 Å². The maximum atomic E-state index is 13.0. The topological polar surface area (TPSA) is 81.0 Å². The summed E-state index contributed by atoms with van der Waals surface area (Å²) >= 11 is 1.47. The second kappa shape index (κ2) is 9.79. The van der Waals surface area contributed by atoms with Crippen LogP contribution in [-0.4, -0.2) is 42.9 Å². The summed E-state index contributed by atoms with van der Waals surface area (Å²) in [5.74, 6) is 0.347. The van der Waals surface area contributed by atoms with Gasteiger partial charge in [0.1, 0.15) is 5.75 Å². The molecule has 3 aromatic rings. The van der Waals surface area contributed by atoms with Gasteiger partial charge in [0.2, 0.25) is 10.0 Å². The zero-order valence-corrected chi connectivity index (χ0v) is 20.8. The number of nitrogens with zero attached hydrogens (tertiary/aromatic N) is 3. The summed E-state index contributed by atoms with van der Waals surface area (Å²) in [5.41, 5.74) is 2.04. The van der Waals surface area contributed by atoms with E-state index in [4.69, 9.17) is 4.74 Å². The van der Waals surface area contributed by atoms with E-state index in [2.05, 4.69) is 4.99 Å². The summed E-state index contributed by atoms with van der Waals surface area (Å²) in [6.07, 6.45) is 0.942. The van der Waals surface area contributed by atoms with E-state index < -0.39 is 10.0 Å². The van der Waals surface area contributed by atoms with Gasteiger partial charge in [-0.2, -0.15) is 9.30 Å². The van der Waals surface area contributed by atoms with Gasteiger partial charge in [-0.3, -0.25) is 4.79 Å². The number of aryl methyl sites for hydroxylation is 2. The molecule has 1 aromatic heterocycles. The first-order valence-electron chi connectivity index (χ1n) is 11.2. The van der Waals surface area contributed by atoms with Gasteiger partial charge in [-0.25, -0.2) is 8.42 Å². The summed E-state index contributed by atoms with van der Waals surface area (Å²) in [6.45, 7) is 7.84. The molecule has 7 nitrogen and oxygen atoms in total. The van der Waals surface area contributed by atoms with Crippen molar-refractivity contribution in [3.63, 3.8) is 0 Å². The maximum Gasteiger partial charge on any atom is 0.251 e. The van der Waals surface area contributed by atoms with Gasteiger partial charge in [-0.05, 0) is 63.9 Å². The number of aromatic nitrogens is 1. The minimum atomic E-state index is -3.55. The van der Waals surface area contributed by atoms with Crippen LogP contribution in [0, 0.1) is 12.8 Å². The number of carbonyl (C=O) groups is 1. The van der Waals surface area contributed by atoms with Crippen LogP contribution in [0.5, 0.6) is 5.75 Å². The highest BCUT2D eigenvalue weighted by molar-refractivity contribution is 7.89. The lowest BCUT2D eigenvalue weighted by Gasteiger charge is -2.29. The highest BCUT2D eigenvalue weighted by Crippen LogP contribution is 2.26. The van der Waals surface area contributed by atoms with Crippen LogP contribution in [0.3, 0.4) is 0 Å². The molecule has 2 aromatic carbocycles. The Bertz CT molecular complexity index is 1320. The molecule has 1 fully saturated rings. The predicted octanol–water partition coefficient (Wildman–Crippen LogP) is 3.96. The molecule has 176 valence electrons. The summed E-state index contributed by atoms with van der Waals surface area (Å²) in [5, 5.41) is 0. The third-order valence-electron chi connectivity index (χ3n) is 5.95. The van der Waals surface area contributed by atoms with Gasteiger partial charge in [0, 0.05) is 25.6 Å². The van der Waals surface area contributed by atoms with Crippen molar-refractivity contribution >= 4 is 37.5 Å². The lowest BCUT2D eigenvalue weighted by molar-refractivity contribution is -0.122. The highest BCUT2D eigenvalue weighted by Gasteiger charge is 2.32. The Morgan fingerprint density at radius 2 is 1.82 bits per heavy atom. The number of rotatable bonds is 6. The van der Waals surface area contributed by atoms with E-state index >= 15 is 0 Å². The molecule has 0 radical (unpaired) electrons. The zero-order valence-electron chi connectivity index (χ0n) is 19.2. The second-order valence-corrected chi connectivity index (χ2v) is 11.1. The molecule has 9 heteroatoms. The summed E-state index contributed by atoms with van der Waals surface area (Å²) in [6, 6.07) is 12.8. The van der Waals surface area contributed by atoms with Crippen LogP contribution in [0.25, 0.3) is 10.2 Å². The van der Waals surface area contributed by atoms with Gasteiger partial charge >= 0.3 is 0 Å². The molecular weight excluding hydrogens is 458 g/mol. The van der Waals surface area contributed by atoms with Crippen molar-refractivity contribution in [3.8, 4) is 5.75 Å². The molecule has 4 rings (SSSR count). The average molecular weight is 488 g/mol. The van der Waals surface area contributed by atoms with E-state index in [1.807, 2.05) is 43.5 Å². The monoisotopic (exact) mass is 487 g/mol. The molecule has 0 bridgehead atoms.